The Morgan fingerprint density at radius 2 is 2.10 bits per heavy atom. The molecule has 0 aliphatic carbocycles. The highest BCUT2D eigenvalue weighted by molar-refractivity contribution is 5.68. The molecular weight excluding hydrogens is 264 g/mol. The van der Waals surface area contributed by atoms with Gasteiger partial charge in [-0.2, -0.15) is 5.26 Å². The van der Waals surface area contributed by atoms with Crippen molar-refractivity contribution in [2.45, 2.75) is 45.1 Å². The lowest BCUT2D eigenvalue weighted by atomic mass is 9.88. The lowest BCUT2D eigenvalue weighted by Crippen LogP contribution is -2.42. The minimum atomic E-state index is -0.478. The second-order valence-corrected chi connectivity index (χ2v) is 6.46. The van der Waals surface area contributed by atoms with Crippen molar-refractivity contribution in [3.63, 3.8) is 0 Å². The van der Waals surface area contributed by atoms with Gasteiger partial charge in [-0.05, 0) is 45.2 Å². The van der Waals surface area contributed by atoms with Crippen molar-refractivity contribution in [2.75, 3.05) is 13.1 Å². The van der Waals surface area contributed by atoms with Crippen molar-refractivity contribution in [1.29, 1.82) is 5.26 Å². The summed E-state index contributed by atoms with van der Waals surface area (Å²) in [5, 5.41) is 9.22. The van der Waals surface area contributed by atoms with Crippen LogP contribution < -0.4 is 0 Å². The standard InChI is InChI=1S/C17H22N2O2/c1-17(2,3)21-16(20)19-10-6-8-14(12-19)15-9-5-4-7-13(15)11-18/h4-5,7,9,14H,6,8,10,12H2,1-3H3/t14-/m1/s1. The zero-order valence-electron chi connectivity index (χ0n) is 12.9. The van der Waals surface area contributed by atoms with Crippen LogP contribution in [-0.2, 0) is 4.74 Å². The van der Waals surface area contributed by atoms with Crippen LogP contribution in [0, 0.1) is 11.3 Å². The summed E-state index contributed by atoms with van der Waals surface area (Å²) >= 11 is 0. The van der Waals surface area contributed by atoms with Crippen LogP contribution in [0.15, 0.2) is 24.3 Å². The lowest BCUT2D eigenvalue weighted by Gasteiger charge is -2.34. The average molecular weight is 286 g/mol. The van der Waals surface area contributed by atoms with Crippen molar-refractivity contribution in [3.8, 4) is 6.07 Å². The van der Waals surface area contributed by atoms with Gasteiger partial charge in [0.1, 0.15) is 5.60 Å². The molecule has 1 aromatic carbocycles. The number of ether oxygens (including phenoxy) is 1. The monoisotopic (exact) mass is 286 g/mol. The Labute approximate surface area is 126 Å². The number of nitrogens with zero attached hydrogens (tertiary/aromatic N) is 2. The van der Waals surface area contributed by atoms with Gasteiger partial charge in [-0.1, -0.05) is 18.2 Å². The first-order chi connectivity index (χ1) is 9.90. The van der Waals surface area contributed by atoms with Gasteiger partial charge >= 0.3 is 6.09 Å². The zero-order chi connectivity index (χ0) is 15.5. The van der Waals surface area contributed by atoms with E-state index >= 15 is 0 Å². The first-order valence-corrected chi connectivity index (χ1v) is 7.37. The minimum absolute atomic E-state index is 0.210. The van der Waals surface area contributed by atoms with Crippen LogP contribution in [-0.4, -0.2) is 29.7 Å². The fourth-order valence-electron chi connectivity index (χ4n) is 2.68. The summed E-state index contributed by atoms with van der Waals surface area (Å²) in [6.45, 7) is 6.96. The highest BCUT2D eigenvalue weighted by Gasteiger charge is 2.29. The number of hydrogen-bond acceptors (Lipinski definition) is 3. The van der Waals surface area contributed by atoms with Gasteiger partial charge in [-0.3, -0.25) is 0 Å². The normalized spacial score (nSPS) is 19.0. The van der Waals surface area contributed by atoms with Crippen LogP contribution in [0.1, 0.15) is 50.7 Å². The predicted molar refractivity (Wildman–Crippen MR) is 80.9 cm³/mol. The molecule has 1 atom stereocenters. The Hall–Kier alpha value is -2.02. The molecule has 1 heterocycles. The Balaban J connectivity index is 2.11. The molecule has 1 aromatic rings. The van der Waals surface area contributed by atoms with E-state index in [4.69, 9.17) is 4.74 Å². The van der Waals surface area contributed by atoms with E-state index in [2.05, 4.69) is 6.07 Å². The molecule has 1 aliphatic heterocycles. The van der Waals surface area contributed by atoms with Gasteiger partial charge in [0.2, 0.25) is 0 Å². The van der Waals surface area contributed by atoms with Crippen LogP contribution in [0.4, 0.5) is 4.79 Å². The molecule has 0 unspecified atom stereocenters. The summed E-state index contributed by atoms with van der Waals surface area (Å²) in [4.78, 5) is 13.9. The SMILES string of the molecule is CC(C)(C)OC(=O)N1CCC[C@@H](c2ccccc2C#N)C1. The molecule has 1 fully saturated rings. The molecule has 2 rings (SSSR count). The van der Waals surface area contributed by atoms with E-state index in [0.29, 0.717) is 12.1 Å². The second-order valence-electron chi connectivity index (χ2n) is 6.46. The first kappa shape index (κ1) is 15.4. The third kappa shape index (κ3) is 3.98. The Bertz CT molecular complexity index is 555. The Morgan fingerprint density at radius 1 is 1.38 bits per heavy atom. The molecule has 4 nitrogen and oxygen atoms in total. The van der Waals surface area contributed by atoms with E-state index in [0.717, 1.165) is 24.9 Å². The van der Waals surface area contributed by atoms with Crippen LogP contribution in [0.3, 0.4) is 0 Å². The average Bonchev–Trinajstić information content (AvgIpc) is 2.45. The Morgan fingerprint density at radius 3 is 2.76 bits per heavy atom. The minimum Gasteiger partial charge on any atom is -0.444 e. The van der Waals surface area contributed by atoms with Crippen molar-refractivity contribution in [2.24, 2.45) is 0 Å². The van der Waals surface area contributed by atoms with Crippen LogP contribution in [0.2, 0.25) is 0 Å². The summed E-state index contributed by atoms with van der Waals surface area (Å²) in [7, 11) is 0. The third-order valence-corrected chi connectivity index (χ3v) is 3.59. The van der Waals surface area contributed by atoms with Gasteiger partial charge in [-0.25, -0.2) is 4.79 Å². The van der Waals surface area contributed by atoms with Crippen molar-refractivity contribution >= 4 is 6.09 Å². The molecule has 1 saturated heterocycles. The third-order valence-electron chi connectivity index (χ3n) is 3.59. The molecule has 0 bridgehead atoms. The van der Waals surface area contributed by atoms with Gasteiger partial charge in [0.15, 0.2) is 0 Å². The van der Waals surface area contributed by atoms with E-state index in [1.807, 2.05) is 45.0 Å². The van der Waals surface area contributed by atoms with Gasteiger partial charge in [-0.15, -0.1) is 0 Å². The highest BCUT2D eigenvalue weighted by Crippen LogP contribution is 2.29. The summed E-state index contributed by atoms with van der Waals surface area (Å²) in [6, 6.07) is 9.88. The van der Waals surface area contributed by atoms with Crippen molar-refractivity contribution in [1.82, 2.24) is 4.90 Å². The van der Waals surface area contributed by atoms with E-state index in [1.54, 1.807) is 4.90 Å². The van der Waals surface area contributed by atoms with E-state index in [9.17, 15) is 10.1 Å². The molecule has 21 heavy (non-hydrogen) atoms. The number of rotatable bonds is 1. The van der Waals surface area contributed by atoms with Gasteiger partial charge in [0.05, 0.1) is 11.6 Å². The van der Waals surface area contributed by atoms with E-state index in [1.165, 1.54) is 0 Å². The van der Waals surface area contributed by atoms with Gasteiger partial charge in [0, 0.05) is 19.0 Å². The van der Waals surface area contributed by atoms with E-state index < -0.39 is 5.60 Å². The maximum absolute atomic E-state index is 12.2. The van der Waals surface area contributed by atoms with Gasteiger partial charge in [0.25, 0.3) is 0 Å². The van der Waals surface area contributed by atoms with Crippen molar-refractivity contribution in [3.05, 3.63) is 35.4 Å². The van der Waals surface area contributed by atoms with Crippen molar-refractivity contribution < 1.29 is 9.53 Å². The number of carbonyl (C=O) groups is 1. The lowest BCUT2D eigenvalue weighted by molar-refractivity contribution is 0.0198. The molecule has 0 spiro atoms. The molecule has 0 radical (unpaired) electrons. The maximum atomic E-state index is 12.2. The smallest absolute Gasteiger partial charge is 0.410 e. The molecule has 1 amide bonds. The number of benzene rings is 1. The fourth-order valence-corrected chi connectivity index (χ4v) is 2.68. The summed E-state index contributed by atoms with van der Waals surface area (Å²) in [6.07, 6.45) is 1.67. The largest absolute Gasteiger partial charge is 0.444 e. The number of hydrogen-bond donors (Lipinski definition) is 0. The molecular formula is C17H22N2O2. The zero-order valence-corrected chi connectivity index (χ0v) is 12.9. The van der Waals surface area contributed by atoms with E-state index in [-0.39, 0.29) is 12.0 Å². The molecule has 0 aromatic heterocycles. The topological polar surface area (TPSA) is 53.3 Å². The summed E-state index contributed by atoms with van der Waals surface area (Å²) in [5.41, 5.74) is 1.26. The number of piperidine rings is 1. The molecule has 112 valence electrons. The van der Waals surface area contributed by atoms with Crippen LogP contribution in [0.25, 0.3) is 0 Å². The Kier molecular flexibility index (Phi) is 4.52. The number of likely N-dealkylation sites (tertiary alicyclic amines) is 1. The van der Waals surface area contributed by atoms with Gasteiger partial charge < -0.3 is 9.64 Å². The highest BCUT2D eigenvalue weighted by atomic mass is 16.6. The molecule has 1 aliphatic rings. The van der Waals surface area contributed by atoms with Crippen LogP contribution >= 0.6 is 0 Å². The quantitative estimate of drug-likeness (QED) is 0.791. The summed E-state index contributed by atoms with van der Waals surface area (Å²) < 4.78 is 5.44. The molecule has 0 N–H and O–H groups in total. The molecule has 4 heteroatoms. The number of carbonyl (C=O) groups excluding carboxylic acids is 1. The van der Waals surface area contributed by atoms with Crippen LogP contribution in [0.5, 0.6) is 0 Å². The summed E-state index contributed by atoms with van der Waals surface area (Å²) in [5.74, 6) is 0.210. The predicted octanol–water partition coefficient (Wildman–Crippen LogP) is 3.67. The maximum Gasteiger partial charge on any atom is 0.410 e. The second kappa shape index (κ2) is 6.17. The first-order valence-electron chi connectivity index (χ1n) is 7.37. The number of amides is 1. The fraction of sp³-hybridized carbons (Fsp3) is 0.529. The number of nitriles is 1. The molecule has 0 saturated carbocycles.